The number of rotatable bonds is 6. The van der Waals surface area contributed by atoms with Gasteiger partial charge in [-0.25, -0.2) is 4.39 Å². The molecule has 1 atom stereocenters. The Morgan fingerprint density at radius 2 is 1.75 bits per heavy atom. The highest BCUT2D eigenvalue weighted by Gasteiger charge is 2.28. The second-order valence-corrected chi connectivity index (χ2v) is 7.25. The highest BCUT2D eigenvalue weighted by Crippen LogP contribution is 2.29. The van der Waals surface area contributed by atoms with Crippen molar-refractivity contribution < 1.29 is 4.39 Å². The van der Waals surface area contributed by atoms with E-state index in [1.54, 1.807) is 12.3 Å². The maximum Gasteiger partial charge on any atom is 0.144 e. The Labute approximate surface area is 165 Å². The summed E-state index contributed by atoms with van der Waals surface area (Å²) in [5.41, 5.74) is 3.05. The number of aromatic nitrogens is 3. The lowest BCUT2D eigenvalue weighted by Gasteiger charge is -2.39. The van der Waals surface area contributed by atoms with Gasteiger partial charge in [0.15, 0.2) is 0 Å². The zero-order valence-electron chi connectivity index (χ0n) is 16.2. The predicted octanol–water partition coefficient (Wildman–Crippen LogP) is 2.90. The van der Waals surface area contributed by atoms with Crippen LogP contribution in [-0.4, -0.2) is 57.3 Å². The van der Waals surface area contributed by atoms with Gasteiger partial charge < -0.3 is 4.90 Å². The molecule has 5 nitrogen and oxygen atoms in total. The van der Waals surface area contributed by atoms with Crippen LogP contribution < -0.4 is 0 Å². The van der Waals surface area contributed by atoms with Crippen LogP contribution in [0.15, 0.2) is 60.9 Å². The molecule has 2 aromatic heterocycles. The van der Waals surface area contributed by atoms with Crippen molar-refractivity contribution in [2.45, 2.75) is 12.5 Å². The molecule has 1 aliphatic rings. The normalized spacial score (nSPS) is 16.9. The number of benzene rings is 1. The number of hydrogen-bond acceptors (Lipinski definition) is 4. The number of piperazine rings is 1. The largest absolute Gasteiger partial charge is 0.300 e. The van der Waals surface area contributed by atoms with Gasteiger partial charge in [0, 0.05) is 58.6 Å². The highest BCUT2D eigenvalue weighted by molar-refractivity contribution is 5.28. The standard InChI is InChI=1S/C22H26FN5/c1-26-21(9-12-25-26)22(18-6-3-2-4-7-18)28-16-14-27(15-17-28)13-10-20-19(23)8-5-11-24-20/h2-9,11-12,22H,10,13-17H2,1H3. The van der Waals surface area contributed by atoms with E-state index >= 15 is 0 Å². The van der Waals surface area contributed by atoms with Gasteiger partial charge in [-0.3, -0.25) is 14.6 Å². The lowest BCUT2D eigenvalue weighted by Crippen LogP contribution is -2.48. The van der Waals surface area contributed by atoms with Gasteiger partial charge in [-0.1, -0.05) is 30.3 Å². The molecular formula is C22H26FN5. The summed E-state index contributed by atoms with van der Waals surface area (Å²) in [4.78, 5) is 9.08. The van der Waals surface area contributed by atoms with Crippen LogP contribution in [0, 0.1) is 5.82 Å². The van der Waals surface area contributed by atoms with Crippen LogP contribution in [0.3, 0.4) is 0 Å². The average molecular weight is 379 g/mol. The lowest BCUT2D eigenvalue weighted by molar-refractivity contribution is 0.107. The maximum absolute atomic E-state index is 13.8. The first kappa shape index (κ1) is 18.8. The van der Waals surface area contributed by atoms with Gasteiger partial charge in [0.2, 0.25) is 0 Å². The van der Waals surface area contributed by atoms with E-state index in [4.69, 9.17) is 0 Å². The maximum atomic E-state index is 13.8. The number of hydrogen-bond donors (Lipinski definition) is 0. The molecule has 3 heterocycles. The van der Waals surface area contributed by atoms with Crippen LogP contribution >= 0.6 is 0 Å². The fourth-order valence-corrected chi connectivity index (χ4v) is 3.97. The minimum atomic E-state index is -0.207. The second-order valence-electron chi connectivity index (χ2n) is 7.25. The molecule has 4 rings (SSSR count). The van der Waals surface area contributed by atoms with Crippen LogP contribution in [0.4, 0.5) is 4.39 Å². The molecule has 146 valence electrons. The first-order valence-electron chi connectivity index (χ1n) is 9.81. The van der Waals surface area contributed by atoms with Crippen LogP contribution in [0.1, 0.15) is 23.0 Å². The number of nitrogens with zero attached hydrogens (tertiary/aromatic N) is 5. The fourth-order valence-electron chi connectivity index (χ4n) is 3.97. The highest BCUT2D eigenvalue weighted by atomic mass is 19.1. The third kappa shape index (κ3) is 4.13. The summed E-state index contributed by atoms with van der Waals surface area (Å²) in [7, 11) is 2.00. The molecule has 1 saturated heterocycles. The molecule has 0 amide bonds. The number of aryl methyl sites for hydroxylation is 1. The van der Waals surface area contributed by atoms with Gasteiger partial charge in [-0.2, -0.15) is 5.10 Å². The van der Waals surface area contributed by atoms with Crippen molar-refractivity contribution in [1.29, 1.82) is 0 Å². The quantitative estimate of drug-likeness (QED) is 0.660. The minimum Gasteiger partial charge on any atom is -0.300 e. The molecule has 3 aromatic rings. The third-order valence-electron chi connectivity index (χ3n) is 5.53. The summed E-state index contributed by atoms with van der Waals surface area (Å²) < 4.78 is 15.8. The summed E-state index contributed by atoms with van der Waals surface area (Å²) in [6.45, 7) is 4.71. The van der Waals surface area contributed by atoms with E-state index in [-0.39, 0.29) is 11.9 Å². The summed E-state index contributed by atoms with van der Waals surface area (Å²) in [5.74, 6) is -0.207. The third-order valence-corrected chi connectivity index (χ3v) is 5.53. The van der Waals surface area contributed by atoms with Crippen molar-refractivity contribution >= 4 is 0 Å². The summed E-state index contributed by atoms with van der Waals surface area (Å²) in [5, 5.41) is 4.38. The van der Waals surface area contributed by atoms with Crippen molar-refractivity contribution in [2.24, 2.45) is 7.05 Å². The topological polar surface area (TPSA) is 37.2 Å². The van der Waals surface area contributed by atoms with Crippen molar-refractivity contribution in [1.82, 2.24) is 24.6 Å². The monoisotopic (exact) mass is 379 g/mol. The Balaban J connectivity index is 1.42. The fraction of sp³-hybridized carbons (Fsp3) is 0.364. The molecule has 1 aromatic carbocycles. The van der Waals surface area contributed by atoms with E-state index in [1.807, 2.05) is 17.9 Å². The van der Waals surface area contributed by atoms with E-state index < -0.39 is 0 Å². The Kier molecular flexibility index (Phi) is 5.78. The Morgan fingerprint density at radius 3 is 2.43 bits per heavy atom. The molecule has 6 heteroatoms. The van der Waals surface area contributed by atoms with Crippen molar-refractivity contribution in [2.75, 3.05) is 32.7 Å². The smallest absolute Gasteiger partial charge is 0.144 e. The van der Waals surface area contributed by atoms with E-state index in [2.05, 4.69) is 56.3 Å². The van der Waals surface area contributed by atoms with Gasteiger partial charge in [-0.15, -0.1) is 0 Å². The molecule has 1 unspecified atom stereocenters. The first-order valence-corrected chi connectivity index (χ1v) is 9.81. The van der Waals surface area contributed by atoms with E-state index in [9.17, 15) is 4.39 Å². The van der Waals surface area contributed by atoms with Gasteiger partial charge in [0.25, 0.3) is 0 Å². The number of halogens is 1. The zero-order valence-corrected chi connectivity index (χ0v) is 16.2. The van der Waals surface area contributed by atoms with Gasteiger partial charge in [-0.05, 0) is 23.8 Å². The van der Waals surface area contributed by atoms with Crippen LogP contribution in [0.25, 0.3) is 0 Å². The molecule has 0 saturated carbocycles. The van der Waals surface area contributed by atoms with E-state index in [0.29, 0.717) is 12.1 Å². The summed E-state index contributed by atoms with van der Waals surface area (Å²) >= 11 is 0. The van der Waals surface area contributed by atoms with Crippen LogP contribution in [-0.2, 0) is 13.5 Å². The predicted molar refractivity (Wildman–Crippen MR) is 107 cm³/mol. The molecule has 0 aliphatic carbocycles. The summed E-state index contributed by atoms with van der Waals surface area (Å²) in [6, 6.07) is 16.0. The Bertz CT molecular complexity index is 887. The second kappa shape index (κ2) is 8.63. The SMILES string of the molecule is Cn1nccc1C(c1ccccc1)N1CCN(CCc2ncccc2F)CC1. The molecule has 0 bridgehead atoms. The minimum absolute atomic E-state index is 0.198. The van der Waals surface area contributed by atoms with Crippen LogP contribution in [0.5, 0.6) is 0 Å². The zero-order chi connectivity index (χ0) is 19.3. The van der Waals surface area contributed by atoms with Crippen LogP contribution in [0.2, 0.25) is 0 Å². The van der Waals surface area contributed by atoms with Crippen molar-refractivity contribution in [3.63, 3.8) is 0 Å². The molecule has 1 fully saturated rings. The molecule has 1 aliphatic heterocycles. The Hall–Kier alpha value is -2.57. The number of pyridine rings is 1. The van der Waals surface area contributed by atoms with Crippen molar-refractivity contribution in [3.05, 3.63) is 83.7 Å². The molecular weight excluding hydrogens is 353 g/mol. The molecule has 0 N–H and O–H groups in total. The van der Waals surface area contributed by atoms with Gasteiger partial charge >= 0.3 is 0 Å². The van der Waals surface area contributed by atoms with Crippen molar-refractivity contribution in [3.8, 4) is 0 Å². The van der Waals surface area contributed by atoms with E-state index in [1.165, 1.54) is 17.3 Å². The molecule has 0 spiro atoms. The molecule has 0 radical (unpaired) electrons. The molecule has 28 heavy (non-hydrogen) atoms. The Morgan fingerprint density at radius 1 is 0.964 bits per heavy atom. The summed E-state index contributed by atoms with van der Waals surface area (Å²) in [6.07, 6.45) is 4.17. The lowest BCUT2D eigenvalue weighted by atomic mass is 10.0. The van der Waals surface area contributed by atoms with Gasteiger partial charge in [0.05, 0.1) is 17.4 Å². The van der Waals surface area contributed by atoms with E-state index in [0.717, 1.165) is 32.7 Å². The van der Waals surface area contributed by atoms with Gasteiger partial charge in [0.1, 0.15) is 5.82 Å². The average Bonchev–Trinajstić information content (AvgIpc) is 3.15. The first-order chi connectivity index (χ1) is 13.7.